The average molecular weight is 343 g/mol. The lowest BCUT2D eigenvalue weighted by atomic mass is 9.78. The third-order valence-corrected chi connectivity index (χ3v) is 5.66. The summed E-state index contributed by atoms with van der Waals surface area (Å²) in [6.45, 7) is 4.40. The van der Waals surface area contributed by atoms with E-state index >= 15 is 0 Å². The third-order valence-electron chi connectivity index (χ3n) is 5.66. The molecule has 0 saturated heterocycles. The molecular weight excluding hydrogens is 312 g/mol. The predicted octanol–water partition coefficient (Wildman–Crippen LogP) is 6.69. The molecule has 3 rings (SSSR count). The summed E-state index contributed by atoms with van der Waals surface area (Å²) >= 11 is 0. The van der Waals surface area contributed by atoms with Crippen LogP contribution in [-0.4, -0.2) is 0 Å². The Balaban J connectivity index is 1.48. The maximum absolute atomic E-state index is 3.24. The Labute approximate surface area is 159 Å². The number of benzene rings is 2. The third kappa shape index (κ3) is 5.12. The Hall–Kier alpha value is -2.26. The molecule has 0 unspecified atom stereocenters. The summed E-state index contributed by atoms with van der Waals surface area (Å²) in [4.78, 5) is 0. The van der Waals surface area contributed by atoms with Crippen LogP contribution < -0.4 is 0 Å². The second kappa shape index (κ2) is 9.44. The van der Waals surface area contributed by atoms with Crippen molar-refractivity contribution in [2.45, 2.75) is 58.3 Å². The van der Waals surface area contributed by atoms with Crippen LogP contribution in [-0.2, 0) is 12.8 Å². The second-order valence-electron chi connectivity index (χ2n) is 7.39. The summed E-state index contributed by atoms with van der Waals surface area (Å²) in [7, 11) is 0. The Kier molecular flexibility index (Phi) is 6.73. The zero-order valence-corrected chi connectivity index (χ0v) is 16.2. The minimum absolute atomic E-state index is 0.693. The Morgan fingerprint density at radius 2 is 1.38 bits per heavy atom. The van der Waals surface area contributed by atoms with Gasteiger partial charge in [-0.25, -0.2) is 0 Å². The van der Waals surface area contributed by atoms with E-state index in [0.717, 1.165) is 24.3 Å². The van der Waals surface area contributed by atoms with Gasteiger partial charge in [-0.1, -0.05) is 68.2 Å². The molecule has 0 aromatic heterocycles. The molecule has 1 aliphatic rings. The standard InChI is InChI=1S/C26H30/c1-3-21-9-11-23(12-10-21)7-5-6-8-24-15-19-26(20-16-24)25-17-13-22(4-2)14-18-25/h6,8-14,17-18,24,26H,3-4,15-16,19-20H2,1-2H3/t24-,26-. The van der Waals surface area contributed by atoms with Gasteiger partial charge in [0.1, 0.15) is 0 Å². The molecule has 0 spiro atoms. The molecule has 0 nitrogen and oxygen atoms in total. The lowest BCUT2D eigenvalue weighted by molar-refractivity contribution is 0.376. The summed E-state index contributed by atoms with van der Waals surface area (Å²) in [5.74, 6) is 7.89. The van der Waals surface area contributed by atoms with Gasteiger partial charge in [0.2, 0.25) is 0 Å². The minimum atomic E-state index is 0.693. The highest BCUT2D eigenvalue weighted by atomic mass is 14.2. The molecule has 0 atom stereocenters. The van der Waals surface area contributed by atoms with Gasteiger partial charge in [0, 0.05) is 5.56 Å². The van der Waals surface area contributed by atoms with Gasteiger partial charge in [-0.05, 0) is 85.3 Å². The molecule has 1 fully saturated rings. The first-order chi connectivity index (χ1) is 12.8. The number of hydrogen-bond acceptors (Lipinski definition) is 0. The van der Waals surface area contributed by atoms with Gasteiger partial charge in [-0.2, -0.15) is 0 Å². The first-order valence-corrected chi connectivity index (χ1v) is 10.1. The first-order valence-electron chi connectivity index (χ1n) is 10.1. The first kappa shape index (κ1) is 18.5. The summed E-state index contributed by atoms with van der Waals surface area (Å²) in [5, 5.41) is 0. The molecule has 0 radical (unpaired) electrons. The topological polar surface area (TPSA) is 0 Å². The Morgan fingerprint density at radius 1 is 0.808 bits per heavy atom. The van der Waals surface area contributed by atoms with E-state index in [4.69, 9.17) is 0 Å². The van der Waals surface area contributed by atoms with Crippen molar-refractivity contribution in [2.24, 2.45) is 5.92 Å². The largest absolute Gasteiger partial charge is 0.0730 e. The monoisotopic (exact) mass is 342 g/mol. The summed E-state index contributed by atoms with van der Waals surface area (Å²) in [5.41, 5.74) is 5.44. The van der Waals surface area contributed by atoms with Crippen molar-refractivity contribution in [2.75, 3.05) is 0 Å². The molecular formula is C26H30. The number of hydrogen-bond donors (Lipinski definition) is 0. The van der Waals surface area contributed by atoms with Crippen LogP contribution in [0.4, 0.5) is 0 Å². The van der Waals surface area contributed by atoms with Crippen LogP contribution in [0.1, 0.15) is 67.7 Å². The maximum Gasteiger partial charge on any atom is 0.0249 e. The van der Waals surface area contributed by atoms with E-state index < -0.39 is 0 Å². The van der Waals surface area contributed by atoms with Crippen molar-refractivity contribution in [3.05, 3.63) is 82.9 Å². The molecule has 0 bridgehead atoms. The quantitative estimate of drug-likeness (QED) is 0.543. The lowest BCUT2D eigenvalue weighted by Crippen LogP contribution is -2.11. The molecule has 0 amide bonds. The van der Waals surface area contributed by atoms with E-state index in [2.05, 4.69) is 86.4 Å². The van der Waals surface area contributed by atoms with Gasteiger partial charge >= 0.3 is 0 Å². The smallest absolute Gasteiger partial charge is 0.0249 e. The van der Waals surface area contributed by atoms with Gasteiger partial charge in [-0.15, -0.1) is 0 Å². The molecule has 1 aliphatic carbocycles. The average Bonchev–Trinajstić information content (AvgIpc) is 2.72. The van der Waals surface area contributed by atoms with E-state index in [1.165, 1.54) is 42.4 Å². The molecule has 26 heavy (non-hydrogen) atoms. The number of rotatable bonds is 4. The fourth-order valence-corrected chi connectivity index (χ4v) is 3.80. The highest BCUT2D eigenvalue weighted by Crippen LogP contribution is 2.36. The molecule has 0 heteroatoms. The van der Waals surface area contributed by atoms with E-state index in [1.807, 2.05) is 0 Å². The van der Waals surface area contributed by atoms with Crippen LogP contribution in [0.15, 0.2) is 60.7 Å². The summed E-state index contributed by atoms with van der Waals surface area (Å²) in [6.07, 6.45) is 11.8. The number of allylic oxidation sites excluding steroid dienone is 2. The SMILES string of the molecule is CCc1ccc(C#CC=C[C@H]2CC[C@H](c3ccc(CC)cc3)CC2)cc1. The van der Waals surface area contributed by atoms with Crippen LogP contribution in [0.2, 0.25) is 0 Å². The van der Waals surface area contributed by atoms with Crippen LogP contribution in [0.3, 0.4) is 0 Å². The van der Waals surface area contributed by atoms with Gasteiger partial charge in [0.15, 0.2) is 0 Å². The molecule has 0 heterocycles. The highest BCUT2D eigenvalue weighted by Gasteiger charge is 2.20. The van der Waals surface area contributed by atoms with E-state index in [-0.39, 0.29) is 0 Å². The van der Waals surface area contributed by atoms with Crippen molar-refractivity contribution in [1.29, 1.82) is 0 Å². The van der Waals surface area contributed by atoms with Crippen molar-refractivity contribution in [1.82, 2.24) is 0 Å². The Morgan fingerprint density at radius 3 is 1.96 bits per heavy atom. The van der Waals surface area contributed by atoms with Crippen molar-refractivity contribution >= 4 is 0 Å². The number of aryl methyl sites for hydroxylation is 2. The van der Waals surface area contributed by atoms with E-state index in [9.17, 15) is 0 Å². The maximum atomic E-state index is 3.24. The molecule has 2 aromatic rings. The Bertz CT molecular complexity index is 758. The van der Waals surface area contributed by atoms with E-state index in [1.54, 1.807) is 0 Å². The normalized spacial score (nSPS) is 19.9. The zero-order valence-electron chi connectivity index (χ0n) is 16.2. The van der Waals surface area contributed by atoms with Crippen LogP contribution in [0.5, 0.6) is 0 Å². The van der Waals surface area contributed by atoms with Crippen LogP contribution in [0, 0.1) is 17.8 Å². The van der Waals surface area contributed by atoms with Gasteiger partial charge < -0.3 is 0 Å². The minimum Gasteiger partial charge on any atom is -0.0730 e. The highest BCUT2D eigenvalue weighted by molar-refractivity contribution is 5.38. The van der Waals surface area contributed by atoms with E-state index in [0.29, 0.717) is 5.92 Å². The molecule has 2 aromatic carbocycles. The van der Waals surface area contributed by atoms with Crippen LogP contribution in [0.25, 0.3) is 0 Å². The van der Waals surface area contributed by atoms with Crippen molar-refractivity contribution in [3.8, 4) is 11.8 Å². The molecule has 134 valence electrons. The lowest BCUT2D eigenvalue weighted by Gasteiger charge is -2.27. The van der Waals surface area contributed by atoms with Crippen molar-refractivity contribution < 1.29 is 0 Å². The second-order valence-corrected chi connectivity index (χ2v) is 7.39. The summed E-state index contributed by atoms with van der Waals surface area (Å²) < 4.78 is 0. The van der Waals surface area contributed by atoms with Crippen LogP contribution >= 0.6 is 0 Å². The summed E-state index contributed by atoms with van der Waals surface area (Å²) in [6, 6.07) is 17.9. The fraction of sp³-hybridized carbons (Fsp3) is 0.385. The predicted molar refractivity (Wildman–Crippen MR) is 112 cm³/mol. The zero-order chi connectivity index (χ0) is 18.2. The molecule has 0 N–H and O–H groups in total. The van der Waals surface area contributed by atoms with Gasteiger partial charge in [0.05, 0.1) is 0 Å². The fourth-order valence-electron chi connectivity index (χ4n) is 3.80. The molecule has 0 aliphatic heterocycles. The molecule has 1 saturated carbocycles. The van der Waals surface area contributed by atoms with Gasteiger partial charge in [-0.3, -0.25) is 0 Å². The van der Waals surface area contributed by atoms with Crippen molar-refractivity contribution in [3.63, 3.8) is 0 Å². The van der Waals surface area contributed by atoms with Gasteiger partial charge in [0.25, 0.3) is 0 Å².